The highest BCUT2D eigenvalue weighted by Crippen LogP contribution is 2.25. The molecule has 0 bridgehead atoms. The van der Waals surface area contributed by atoms with E-state index in [1.54, 1.807) is 0 Å². The summed E-state index contributed by atoms with van der Waals surface area (Å²) in [6.07, 6.45) is 7.01. The van der Waals surface area contributed by atoms with Crippen molar-refractivity contribution in [2.75, 3.05) is 30.4 Å². The van der Waals surface area contributed by atoms with Gasteiger partial charge in [-0.1, -0.05) is 25.3 Å². The Labute approximate surface area is 111 Å². The van der Waals surface area contributed by atoms with Crippen LogP contribution < -0.4 is 10.2 Å². The predicted molar refractivity (Wildman–Crippen MR) is 78.2 cm³/mol. The second-order valence-electron chi connectivity index (χ2n) is 5.30. The summed E-state index contributed by atoms with van der Waals surface area (Å²) in [4.78, 5) is 6.95. The van der Waals surface area contributed by atoms with E-state index in [4.69, 9.17) is 0 Å². The molecule has 1 aromatic heterocycles. The minimum absolute atomic E-state index is 0.855. The fourth-order valence-corrected chi connectivity index (χ4v) is 2.77. The Hall–Kier alpha value is -1.25. The summed E-state index contributed by atoms with van der Waals surface area (Å²) in [6, 6.07) is 6.21. The lowest BCUT2D eigenvalue weighted by Gasteiger charge is -2.27. The van der Waals surface area contributed by atoms with Crippen LogP contribution in [0.4, 0.5) is 11.6 Å². The Bertz CT molecular complexity index is 359. The zero-order chi connectivity index (χ0) is 12.8. The lowest BCUT2D eigenvalue weighted by Crippen LogP contribution is -2.27. The average molecular weight is 247 g/mol. The van der Waals surface area contributed by atoms with Crippen molar-refractivity contribution in [1.29, 1.82) is 0 Å². The highest BCUT2D eigenvalue weighted by Gasteiger charge is 2.16. The van der Waals surface area contributed by atoms with E-state index in [9.17, 15) is 0 Å². The predicted octanol–water partition coefficient (Wildman–Crippen LogP) is 3.53. The van der Waals surface area contributed by atoms with Crippen molar-refractivity contribution in [3.05, 3.63) is 18.2 Å². The van der Waals surface area contributed by atoms with Crippen molar-refractivity contribution >= 4 is 11.6 Å². The molecule has 0 saturated heterocycles. The second kappa shape index (κ2) is 6.62. The molecule has 0 spiro atoms. The third-order valence-corrected chi connectivity index (χ3v) is 3.74. The van der Waals surface area contributed by atoms with Crippen LogP contribution in [-0.4, -0.2) is 25.1 Å². The zero-order valence-corrected chi connectivity index (χ0v) is 11.7. The number of nitrogens with one attached hydrogen (secondary N) is 1. The number of rotatable bonds is 5. The van der Waals surface area contributed by atoms with Crippen molar-refractivity contribution in [1.82, 2.24) is 4.98 Å². The van der Waals surface area contributed by atoms with Crippen molar-refractivity contribution in [2.45, 2.75) is 39.0 Å². The average Bonchev–Trinajstić information content (AvgIpc) is 2.40. The first-order valence-corrected chi connectivity index (χ1v) is 7.21. The maximum Gasteiger partial charge on any atom is 0.130 e. The summed E-state index contributed by atoms with van der Waals surface area (Å²) in [5.74, 6) is 2.91. The van der Waals surface area contributed by atoms with Gasteiger partial charge in [0.2, 0.25) is 0 Å². The standard InChI is InChI=1S/C15H25N3/c1-3-16-14-10-7-11-15(17-14)18(2)12-13-8-5-4-6-9-13/h7,10-11,13H,3-6,8-9,12H2,1-2H3,(H,16,17). The van der Waals surface area contributed by atoms with Crippen LogP contribution in [-0.2, 0) is 0 Å². The minimum atomic E-state index is 0.855. The fraction of sp³-hybridized carbons (Fsp3) is 0.667. The molecular formula is C15H25N3. The maximum absolute atomic E-state index is 4.64. The van der Waals surface area contributed by atoms with Crippen LogP contribution in [0.1, 0.15) is 39.0 Å². The van der Waals surface area contributed by atoms with Gasteiger partial charge in [0, 0.05) is 20.1 Å². The Morgan fingerprint density at radius 3 is 2.78 bits per heavy atom. The molecule has 18 heavy (non-hydrogen) atoms. The van der Waals surface area contributed by atoms with E-state index in [-0.39, 0.29) is 0 Å². The van der Waals surface area contributed by atoms with Gasteiger partial charge in [0.05, 0.1) is 0 Å². The van der Waals surface area contributed by atoms with Gasteiger partial charge in [-0.3, -0.25) is 0 Å². The topological polar surface area (TPSA) is 28.2 Å². The quantitative estimate of drug-likeness (QED) is 0.862. The van der Waals surface area contributed by atoms with Crippen molar-refractivity contribution in [3.8, 4) is 0 Å². The van der Waals surface area contributed by atoms with Gasteiger partial charge in [-0.2, -0.15) is 0 Å². The van der Waals surface area contributed by atoms with E-state index in [0.717, 1.165) is 30.6 Å². The van der Waals surface area contributed by atoms with Gasteiger partial charge >= 0.3 is 0 Å². The first-order chi connectivity index (χ1) is 8.79. The van der Waals surface area contributed by atoms with Crippen molar-refractivity contribution in [2.24, 2.45) is 5.92 Å². The molecule has 0 aromatic carbocycles. The SMILES string of the molecule is CCNc1cccc(N(C)CC2CCCCC2)n1. The van der Waals surface area contributed by atoms with Crippen LogP contribution >= 0.6 is 0 Å². The van der Waals surface area contributed by atoms with Crippen LogP contribution in [0.5, 0.6) is 0 Å². The molecule has 1 aliphatic carbocycles. The molecule has 0 unspecified atom stereocenters. The molecule has 0 amide bonds. The summed E-state index contributed by atoms with van der Waals surface area (Å²) < 4.78 is 0. The third kappa shape index (κ3) is 3.62. The van der Waals surface area contributed by atoms with E-state index in [0.29, 0.717) is 0 Å². The Balaban J connectivity index is 1.94. The van der Waals surface area contributed by atoms with E-state index < -0.39 is 0 Å². The first kappa shape index (κ1) is 13.2. The largest absolute Gasteiger partial charge is 0.370 e. The number of anilines is 2. The molecular weight excluding hydrogens is 222 g/mol. The molecule has 1 aliphatic rings. The van der Waals surface area contributed by atoms with Crippen molar-refractivity contribution < 1.29 is 0 Å². The summed E-state index contributed by atoms with van der Waals surface area (Å²) in [6.45, 7) is 4.16. The van der Waals surface area contributed by atoms with Crippen LogP contribution in [0, 0.1) is 5.92 Å². The lowest BCUT2D eigenvalue weighted by atomic mass is 9.89. The molecule has 1 saturated carbocycles. The number of aromatic nitrogens is 1. The molecule has 100 valence electrons. The first-order valence-electron chi connectivity index (χ1n) is 7.21. The molecule has 1 aromatic rings. The summed E-state index contributed by atoms with van der Waals surface area (Å²) in [5.41, 5.74) is 0. The Morgan fingerprint density at radius 1 is 1.28 bits per heavy atom. The van der Waals surface area contributed by atoms with Crippen LogP contribution in [0.3, 0.4) is 0 Å². The zero-order valence-electron chi connectivity index (χ0n) is 11.7. The molecule has 3 heteroatoms. The number of nitrogens with zero attached hydrogens (tertiary/aromatic N) is 2. The van der Waals surface area contributed by atoms with E-state index in [2.05, 4.69) is 41.3 Å². The molecule has 0 atom stereocenters. The van der Waals surface area contributed by atoms with E-state index in [1.807, 2.05) is 6.07 Å². The van der Waals surface area contributed by atoms with Gasteiger partial charge in [0.15, 0.2) is 0 Å². The second-order valence-corrected chi connectivity index (χ2v) is 5.30. The molecule has 2 rings (SSSR count). The molecule has 3 nitrogen and oxygen atoms in total. The Morgan fingerprint density at radius 2 is 2.06 bits per heavy atom. The van der Waals surface area contributed by atoms with Gasteiger partial charge < -0.3 is 10.2 Å². The lowest BCUT2D eigenvalue weighted by molar-refractivity contribution is 0.361. The van der Waals surface area contributed by atoms with Gasteiger partial charge in [-0.15, -0.1) is 0 Å². The van der Waals surface area contributed by atoms with Gasteiger partial charge in [-0.25, -0.2) is 4.98 Å². The normalized spacial score (nSPS) is 16.6. The molecule has 1 fully saturated rings. The molecule has 0 radical (unpaired) electrons. The number of hydrogen-bond donors (Lipinski definition) is 1. The summed E-state index contributed by atoms with van der Waals surface area (Å²) in [5, 5.41) is 3.27. The third-order valence-electron chi connectivity index (χ3n) is 3.74. The number of hydrogen-bond acceptors (Lipinski definition) is 3. The summed E-state index contributed by atoms with van der Waals surface area (Å²) in [7, 11) is 2.16. The Kier molecular flexibility index (Phi) is 4.85. The van der Waals surface area contributed by atoms with Crippen LogP contribution in [0.15, 0.2) is 18.2 Å². The van der Waals surface area contributed by atoms with Gasteiger partial charge in [0.1, 0.15) is 11.6 Å². The maximum atomic E-state index is 4.64. The van der Waals surface area contributed by atoms with Crippen LogP contribution in [0.2, 0.25) is 0 Å². The smallest absolute Gasteiger partial charge is 0.130 e. The van der Waals surface area contributed by atoms with E-state index in [1.165, 1.54) is 32.1 Å². The minimum Gasteiger partial charge on any atom is -0.370 e. The van der Waals surface area contributed by atoms with Gasteiger partial charge in [-0.05, 0) is 37.8 Å². The summed E-state index contributed by atoms with van der Waals surface area (Å²) >= 11 is 0. The van der Waals surface area contributed by atoms with Crippen molar-refractivity contribution in [3.63, 3.8) is 0 Å². The molecule has 1 heterocycles. The number of pyridine rings is 1. The highest BCUT2D eigenvalue weighted by atomic mass is 15.2. The monoisotopic (exact) mass is 247 g/mol. The van der Waals surface area contributed by atoms with Gasteiger partial charge in [0.25, 0.3) is 0 Å². The highest BCUT2D eigenvalue weighted by molar-refractivity contribution is 5.46. The van der Waals surface area contributed by atoms with Crippen LogP contribution in [0.25, 0.3) is 0 Å². The molecule has 1 N–H and O–H groups in total. The fourth-order valence-electron chi connectivity index (χ4n) is 2.77. The molecule has 0 aliphatic heterocycles. The van der Waals surface area contributed by atoms with E-state index >= 15 is 0 Å².